The largest absolute Gasteiger partial charge is 0.339 e. The molecule has 3 rings (SSSR count). The van der Waals surface area contributed by atoms with Crippen LogP contribution in [0.15, 0.2) is 18.5 Å². The third-order valence-corrected chi connectivity index (χ3v) is 6.03. The molecule has 0 atom stereocenters. The van der Waals surface area contributed by atoms with Crippen molar-refractivity contribution in [1.29, 1.82) is 0 Å². The highest BCUT2D eigenvalue weighted by Crippen LogP contribution is 2.23. The first-order valence-electron chi connectivity index (χ1n) is 11.0. The Labute approximate surface area is 188 Å². The second kappa shape index (κ2) is 10.6. The van der Waals surface area contributed by atoms with Crippen LogP contribution in [0.1, 0.15) is 50.8 Å². The fraction of sp³-hybridized carbons (Fsp3) is 0.545. The second-order valence-corrected chi connectivity index (χ2v) is 8.23. The number of aromatic nitrogens is 4. The molecule has 2 aromatic rings. The first-order valence-corrected chi connectivity index (χ1v) is 11.3. The Morgan fingerprint density at radius 2 is 2.03 bits per heavy atom. The molecule has 31 heavy (non-hydrogen) atoms. The Bertz CT molecular complexity index is 940. The number of hydrogen-bond acceptors (Lipinski definition) is 4. The van der Waals surface area contributed by atoms with Crippen LogP contribution in [0.4, 0.5) is 5.69 Å². The molecule has 0 spiro atoms. The summed E-state index contributed by atoms with van der Waals surface area (Å²) in [7, 11) is 0. The van der Waals surface area contributed by atoms with Crippen molar-refractivity contribution in [3.63, 3.8) is 0 Å². The molecular formula is C22H31ClN6O2. The zero-order valence-corrected chi connectivity index (χ0v) is 19.2. The minimum Gasteiger partial charge on any atom is -0.339 e. The van der Waals surface area contributed by atoms with E-state index in [4.69, 9.17) is 11.6 Å². The molecule has 0 aliphatic carbocycles. The van der Waals surface area contributed by atoms with Gasteiger partial charge in [-0.05, 0) is 39.2 Å². The van der Waals surface area contributed by atoms with Crippen LogP contribution in [0.25, 0.3) is 6.08 Å². The van der Waals surface area contributed by atoms with Crippen molar-refractivity contribution in [2.75, 3.05) is 18.4 Å². The number of unbranched alkanes of at least 4 members (excludes halogenated alkanes) is 1. The minimum absolute atomic E-state index is 0.0137. The van der Waals surface area contributed by atoms with Gasteiger partial charge in [0.2, 0.25) is 11.8 Å². The Hall–Kier alpha value is -2.61. The summed E-state index contributed by atoms with van der Waals surface area (Å²) < 4.78 is 3.56. The number of hydrogen-bond donors (Lipinski definition) is 1. The molecule has 1 N–H and O–H groups in total. The smallest absolute Gasteiger partial charge is 0.246 e. The van der Waals surface area contributed by atoms with Crippen molar-refractivity contribution >= 4 is 35.2 Å². The fourth-order valence-electron chi connectivity index (χ4n) is 3.68. The summed E-state index contributed by atoms with van der Waals surface area (Å²) in [5.41, 5.74) is 2.31. The Morgan fingerprint density at radius 3 is 2.68 bits per heavy atom. The summed E-state index contributed by atoms with van der Waals surface area (Å²) in [5.74, 6) is -0.188. The minimum atomic E-state index is -0.105. The highest BCUT2D eigenvalue weighted by Gasteiger charge is 2.27. The molecular weight excluding hydrogens is 416 g/mol. The van der Waals surface area contributed by atoms with Gasteiger partial charge >= 0.3 is 0 Å². The number of rotatable bonds is 8. The summed E-state index contributed by atoms with van der Waals surface area (Å²) in [6, 6.07) is 0. The van der Waals surface area contributed by atoms with E-state index in [2.05, 4.69) is 22.4 Å². The SMILES string of the molecule is CCCCn1nc(C)c(C=CC(=O)N2CCC(C(=O)Nc3cnn(CC)c3)CC2)c1Cl. The highest BCUT2D eigenvalue weighted by molar-refractivity contribution is 6.31. The second-order valence-electron chi connectivity index (χ2n) is 7.87. The summed E-state index contributed by atoms with van der Waals surface area (Å²) in [4.78, 5) is 26.9. The number of carbonyl (C=O) groups excluding carboxylic acids is 2. The number of halogens is 1. The summed E-state index contributed by atoms with van der Waals surface area (Å²) in [6.45, 7) is 8.65. The molecule has 168 valence electrons. The predicted molar refractivity (Wildman–Crippen MR) is 122 cm³/mol. The van der Waals surface area contributed by atoms with E-state index >= 15 is 0 Å². The molecule has 0 bridgehead atoms. The topological polar surface area (TPSA) is 85.1 Å². The molecule has 3 heterocycles. The lowest BCUT2D eigenvalue weighted by atomic mass is 9.95. The summed E-state index contributed by atoms with van der Waals surface area (Å²) in [5, 5.41) is 12.1. The number of aryl methyl sites for hydroxylation is 3. The van der Waals surface area contributed by atoms with Crippen molar-refractivity contribution in [1.82, 2.24) is 24.5 Å². The monoisotopic (exact) mass is 446 g/mol. The average Bonchev–Trinajstić information content (AvgIpc) is 3.34. The summed E-state index contributed by atoms with van der Waals surface area (Å²) >= 11 is 6.44. The van der Waals surface area contributed by atoms with E-state index in [1.807, 2.05) is 20.0 Å². The maximum absolute atomic E-state index is 12.6. The lowest BCUT2D eigenvalue weighted by Gasteiger charge is -2.30. The highest BCUT2D eigenvalue weighted by atomic mass is 35.5. The molecule has 2 aromatic heterocycles. The van der Waals surface area contributed by atoms with Gasteiger partial charge in [-0.2, -0.15) is 10.2 Å². The van der Waals surface area contributed by atoms with Crippen molar-refractivity contribution in [3.05, 3.63) is 34.9 Å². The molecule has 1 aliphatic rings. The fourth-order valence-corrected chi connectivity index (χ4v) is 4.00. The molecule has 1 aliphatic heterocycles. The van der Waals surface area contributed by atoms with Crippen LogP contribution >= 0.6 is 11.6 Å². The number of nitrogens with zero attached hydrogens (tertiary/aromatic N) is 5. The van der Waals surface area contributed by atoms with E-state index in [9.17, 15) is 9.59 Å². The van der Waals surface area contributed by atoms with Gasteiger partial charge in [0.05, 0.1) is 17.6 Å². The lowest BCUT2D eigenvalue weighted by molar-refractivity contribution is -0.130. The van der Waals surface area contributed by atoms with Crippen LogP contribution in [0.5, 0.6) is 0 Å². The van der Waals surface area contributed by atoms with Gasteiger partial charge in [-0.1, -0.05) is 24.9 Å². The maximum atomic E-state index is 12.6. The maximum Gasteiger partial charge on any atom is 0.246 e. The van der Waals surface area contributed by atoms with E-state index < -0.39 is 0 Å². The van der Waals surface area contributed by atoms with Gasteiger partial charge in [0.25, 0.3) is 0 Å². The van der Waals surface area contributed by atoms with Crippen LogP contribution in [0.3, 0.4) is 0 Å². The molecule has 1 fully saturated rings. The van der Waals surface area contributed by atoms with Crippen LogP contribution in [0, 0.1) is 12.8 Å². The number of likely N-dealkylation sites (tertiary alicyclic amines) is 1. The molecule has 8 nitrogen and oxygen atoms in total. The normalized spacial score (nSPS) is 15.0. The van der Waals surface area contributed by atoms with Gasteiger partial charge in [0, 0.05) is 49.9 Å². The summed E-state index contributed by atoms with van der Waals surface area (Å²) in [6.07, 6.45) is 10.1. The zero-order chi connectivity index (χ0) is 22.4. The van der Waals surface area contributed by atoms with Crippen molar-refractivity contribution in [2.45, 2.75) is 59.5 Å². The first-order chi connectivity index (χ1) is 14.9. The molecule has 0 unspecified atom stereocenters. The van der Waals surface area contributed by atoms with Gasteiger partial charge in [-0.15, -0.1) is 0 Å². The molecule has 9 heteroatoms. The van der Waals surface area contributed by atoms with Gasteiger partial charge in [0.1, 0.15) is 5.15 Å². The Balaban J connectivity index is 1.52. The molecule has 2 amide bonds. The molecule has 0 radical (unpaired) electrons. The quantitative estimate of drug-likeness (QED) is 0.626. The number of carbonyl (C=O) groups is 2. The lowest BCUT2D eigenvalue weighted by Crippen LogP contribution is -2.40. The number of anilines is 1. The van der Waals surface area contributed by atoms with Crippen LogP contribution in [0.2, 0.25) is 5.15 Å². The van der Waals surface area contributed by atoms with Crippen molar-refractivity contribution in [3.8, 4) is 0 Å². The van der Waals surface area contributed by atoms with Crippen molar-refractivity contribution < 1.29 is 9.59 Å². The third kappa shape index (κ3) is 5.76. The number of nitrogens with one attached hydrogen (secondary N) is 1. The molecule has 0 saturated carbocycles. The van der Waals surface area contributed by atoms with Crippen LogP contribution in [-0.2, 0) is 22.7 Å². The first kappa shape index (κ1) is 23.1. The zero-order valence-electron chi connectivity index (χ0n) is 18.5. The van der Waals surface area contributed by atoms with Crippen LogP contribution < -0.4 is 5.32 Å². The van der Waals surface area contributed by atoms with Crippen LogP contribution in [-0.4, -0.2) is 49.4 Å². The third-order valence-electron chi connectivity index (χ3n) is 5.63. The Kier molecular flexibility index (Phi) is 7.90. The predicted octanol–water partition coefficient (Wildman–Crippen LogP) is 3.75. The van der Waals surface area contributed by atoms with E-state index in [0.29, 0.717) is 36.8 Å². The van der Waals surface area contributed by atoms with Gasteiger partial charge in [0.15, 0.2) is 0 Å². The number of amides is 2. The molecule has 1 saturated heterocycles. The van der Waals surface area contributed by atoms with Gasteiger partial charge in [-0.3, -0.25) is 19.0 Å². The van der Waals surface area contributed by atoms with E-state index in [0.717, 1.165) is 37.2 Å². The number of piperidine rings is 1. The molecule has 0 aromatic carbocycles. The van der Waals surface area contributed by atoms with Crippen molar-refractivity contribution in [2.24, 2.45) is 5.92 Å². The van der Waals surface area contributed by atoms with Gasteiger partial charge in [-0.25, -0.2) is 0 Å². The Morgan fingerprint density at radius 1 is 1.29 bits per heavy atom. The average molecular weight is 447 g/mol. The van der Waals surface area contributed by atoms with Gasteiger partial charge < -0.3 is 10.2 Å². The standard InChI is InChI=1S/C22H31ClN6O2/c1-4-6-11-29-21(23)19(16(3)26-29)7-8-20(30)27-12-9-17(10-13-27)22(31)25-18-14-24-28(5-2)15-18/h7-8,14-15,17H,4-6,9-13H2,1-3H3,(H,25,31). The van der Waals surface area contributed by atoms with E-state index in [-0.39, 0.29) is 17.7 Å². The van der Waals surface area contributed by atoms with E-state index in [1.54, 1.807) is 32.6 Å². The van der Waals surface area contributed by atoms with E-state index in [1.165, 1.54) is 0 Å².